The molecule has 0 N–H and O–H groups in total. The van der Waals surface area contributed by atoms with E-state index in [0.717, 1.165) is 19.3 Å². The minimum absolute atomic E-state index is 0.0319. The van der Waals surface area contributed by atoms with Gasteiger partial charge in [0, 0.05) is 12.2 Å². The van der Waals surface area contributed by atoms with Crippen molar-refractivity contribution in [1.82, 2.24) is 0 Å². The molecule has 0 aromatic carbocycles. The molecule has 0 heterocycles. The molecule has 3 aliphatic rings. The summed E-state index contributed by atoms with van der Waals surface area (Å²) >= 11 is 0. The Hall–Kier alpha value is -0.163. The van der Waals surface area contributed by atoms with Gasteiger partial charge in [-0.2, -0.15) is 0 Å². The lowest BCUT2D eigenvalue weighted by atomic mass is 9.98. The van der Waals surface area contributed by atoms with Gasteiger partial charge in [0.15, 0.2) is 0 Å². The first-order chi connectivity index (χ1) is 10.8. The highest BCUT2D eigenvalue weighted by atomic mass is 28.3. The number of hydrogen-bond donors (Lipinski definition) is 0. The van der Waals surface area contributed by atoms with Gasteiger partial charge in [-0.3, -0.25) is 0 Å². The Kier molecular flexibility index (Phi) is 6.14. The van der Waals surface area contributed by atoms with Crippen LogP contribution in [0.3, 0.4) is 0 Å². The smallest absolute Gasteiger partial charge is 0.373 e. The van der Waals surface area contributed by atoms with Crippen molar-refractivity contribution in [2.45, 2.75) is 101 Å². The Morgan fingerprint density at radius 3 is 1.82 bits per heavy atom. The minimum Gasteiger partial charge on any atom is -0.373 e. The highest BCUT2D eigenvalue weighted by Gasteiger charge is 2.40. The molecular weight excluding hydrogens is 292 g/mol. The fourth-order valence-electron chi connectivity index (χ4n) is 4.31. The van der Waals surface area contributed by atoms with E-state index >= 15 is 0 Å². The van der Waals surface area contributed by atoms with Crippen LogP contribution in [0.25, 0.3) is 0 Å². The summed E-state index contributed by atoms with van der Waals surface area (Å²) in [5.74, 6) is 0. The zero-order valence-corrected chi connectivity index (χ0v) is 15.1. The van der Waals surface area contributed by atoms with Crippen LogP contribution in [-0.4, -0.2) is 27.3 Å². The SMILES string of the molecule is C=CCC1(O[SiH](OC2CCCC2)OC2CCCC2)CCCC1. The van der Waals surface area contributed by atoms with Gasteiger partial charge in [-0.25, -0.2) is 0 Å². The Morgan fingerprint density at radius 2 is 1.36 bits per heavy atom. The van der Waals surface area contributed by atoms with Gasteiger partial charge in [-0.05, 0) is 44.9 Å². The maximum absolute atomic E-state index is 6.59. The first kappa shape index (κ1) is 16.7. The largest absolute Gasteiger partial charge is 0.485 e. The van der Waals surface area contributed by atoms with Gasteiger partial charge in [0.05, 0.1) is 5.60 Å². The van der Waals surface area contributed by atoms with Crippen LogP contribution in [0.5, 0.6) is 0 Å². The van der Waals surface area contributed by atoms with Gasteiger partial charge in [0.1, 0.15) is 0 Å². The minimum atomic E-state index is -2.04. The molecule has 3 fully saturated rings. The summed E-state index contributed by atoms with van der Waals surface area (Å²) in [6.07, 6.45) is 18.5. The average Bonchev–Trinajstić information content (AvgIpc) is 3.22. The molecule has 3 saturated carbocycles. The van der Waals surface area contributed by atoms with Gasteiger partial charge in [-0.1, -0.05) is 44.6 Å². The van der Waals surface area contributed by atoms with Gasteiger partial charge < -0.3 is 13.3 Å². The lowest BCUT2D eigenvalue weighted by Gasteiger charge is -2.34. The van der Waals surface area contributed by atoms with Gasteiger partial charge in [-0.15, -0.1) is 6.58 Å². The molecule has 22 heavy (non-hydrogen) atoms. The summed E-state index contributed by atoms with van der Waals surface area (Å²) in [5.41, 5.74) is -0.0319. The molecule has 4 heteroatoms. The molecule has 126 valence electrons. The molecular formula is C18H32O3Si. The molecule has 0 aromatic heterocycles. The Labute approximate surface area is 137 Å². The van der Waals surface area contributed by atoms with Gasteiger partial charge >= 0.3 is 9.53 Å². The predicted molar refractivity (Wildman–Crippen MR) is 90.9 cm³/mol. The predicted octanol–water partition coefficient (Wildman–Crippen LogP) is 4.53. The molecule has 0 atom stereocenters. The van der Waals surface area contributed by atoms with Crippen LogP contribution in [-0.2, 0) is 13.3 Å². The van der Waals surface area contributed by atoms with E-state index in [2.05, 4.69) is 6.58 Å². The third-order valence-corrected chi connectivity index (χ3v) is 7.50. The quantitative estimate of drug-likeness (QED) is 0.485. The van der Waals surface area contributed by atoms with E-state index in [1.807, 2.05) is 6.08 Å². The molecule has 0 bridgehead atoms. The van der Waals surface area contributed by atoms with E-state index < -0.39 is 9.53 Å². The fraction of sp³-hybridized carbons (Fsp3) is 0.889. The van der Waals surface area contributed by atoms with Crippen LogP contribution >= 0.6 is 0 Å². The second-order valence-corrected chi connectivity index (χ2v) is 8.73. The van der Waals surface area contributed by atoms with Crippen molar-refractivity contribution in [3.8, 4) is 0 Å². The third kappa shape index (κ3) is 4.44. The zero-order valence-electron chi connectivity index (χ0n) is 13.9. The lowest BCUT2D eigenvalue weighted by Crippen LogP contribution is -2.43. The standard InChI is InChI=1S/C18H32O3Si/c1-2-13-18(14-7-8-15-18)21-22(19-16-9-3-4-10-16)20-17-11-5-6-12-17/h2,16-17,22H,1,3-15H2. The van der Waals surface area contributed by atoms with Crippen LogP contribution in [0, 0.1) is 0 Å². The summed E-state index contributed by atoms with van der Waals surface area (Å²) in [7, 11) is -2.04. The summed E-state index contributed by atoms with van der Waals surface area (Å²) < 4.78 is 19.3. The monoisotopic (exact) mass is 324 g/mol. The number of rotatable bonds is 8. The van der Waals surface area contributed by atoms with E-state index in [-0.39, 0.29) is 5.60 Å². The average molecular weight is 325 g/mol. The van der Waals surface area contributed by atoms with Crippen molar-refractivity contribution >= 4 is 9.53 Å². The Balaban J connectivity index is 1.61. The van der Waals surface area contributed by atoms with Crippen LogP contribution in [0.1, 0.15) is 83.5 Å². The number of hydrogen-bond acceptors (Lipinski definition) is 3. The maximum Gasteiger partial charge on any atom is 0.485 e. The van der Waals surface area contributed by atoms with E-state index in [9.17, 15) is 0 Å². The van der Waals surface area contributed by atoms with Crippen molar-refractivity contribution in [3.05, 3.63) is 12.7 Å². The summed E-state index contributed by atoms with van der Waals surface area (Å²) in [6, 6.07) is 0. The summed E-state index contributed by atoms with van der Waals surface area (Å²) in [6.45, 7) is 3.94. The molecule has 0 unspecified atom stereocenters. The maximum atomic E-state index is 6.59. The lowest BCUT2D eigenvalue weighted by molar-refractivity contribution is -0.0322. The van der Waals surface area contributed by atoms with E-state index in [1.54, 1.807) is 0 Å². The van der Waals surface area contributed by atoms with Crippen LogP contribution < -0.4 is 0 Å². The van der Waals surface area contributed by atoms with Crippen LogP contribution in [0.2, 0.25) is 0 Å². The van der Waals surface area contributed by atoms with E-state index in [0.29, 0.717) is 12.2 Å². The molecule has 0 saturated heterocycles. The van der Waals surface area contributed by atoms with Crippen molar-refractivity contribution in [1.29, 1.82) is 0 Å². The molecule has 3 aliphatic carbocycles. The normalized spacial score (nSPS) is 26.2. The van der Waals surface area contributed by atoms with Crippen molar-refractivity contribution in [2.75, 3.05) is 0 Å². The van der Waals surface area contributed by atoms with Gasteiger partial charge in [0.25, 0.3) is 0 Å². The Morgan fingerprint density at radius 1 is 0.864 bits per heavy atom. The van der Waals surface area contributed by atoms with E-state index in [1.165, 1.54) is 64.2 Å². The second kappa shape index (κ2) is 8.09. The van der Waals surface area contributed by atoms with Crippen molar-refractivity contribution in [3.63, 3.8) is 0 Å². The molecule has 0 spiro atoms. The molecule has 3 nitrogen and oxygen atoms in total. The topological polar surface area (TPSA) is 27.7 Å². The van der Waals surface area contributed by atoms with Crippen LogP contribution in [0.15, 0.2) is 12.7 Å². The molecule has 0 aliphatic heterocycles. The highest BCUT2D eigenvalue weighted by Crippen LogP contribution is 2.38. The first-order valence-corrected chi connectivity index (χ1v) is 10.8. The molecule has 3 rings (SSSR count). The third-order valence-electron chi connectivity index (χ3n) is 5.59. The Bertz CT molecular complexity index is 324. The highest BCUT2D eigenvalue weighted by molar-refractivity contribution is 6.36. The van der Waals surface area contributed by atoms with Crippen molar-refractivity contribution in [2.24, 2.45) is 0 Å². The second-order valence-electron chi connectivity index (χ2n) is 7.37. The van der Waals surface area contributed by atoms with Crippen LogP contribution in [0.4, 0.5) is 0 Å². The summed E-state index contributed by atoms with van der Waals surface area (Å²) in [5, 5.41) is 0. The molecule has 0 aromatic rings. The molecule has 0 radical (unpaired) electrons. The fourth-order valence-corrected chi connectivity index (χ4v) is 6.40. The van der Waals surface area contributed by atoms with Gasteiger partial charge in [0.2, 0.25) is 0 Å². The first-order valence-electron chi connectivity index (χ1n) is 9.39. The van der Waals surface area contributed by atoms with E-state index in [4.69, 9.17) is 13.3 Å². The summed E-state index contributed by atoms with van der Waals surface area (Å²) in [4.78, 5) is 0. The zero-order chi connectivity index (χ0) is 15.3. The molecule has 0 amide bonds. The van der Waals surface area contributed by atoms with Crippen molar-refractivity contribution < 1.29 is 13.3 Å².